The number of nitrogens with one attached hydrogen (secondary N) is 1. The number of aryl methyl sites for hydroxylation is 2. The van der Waals surface area contributed by atoms with Crippen LogP contribution in [0.4, 0.5) is 0 Å². The number of methoxy groups -OCH3 is 3. The molecule has 1 amide bonds. The van der Waals surface area contributed by atoms with Crippen LogP contribution in [0.5, 0.6) is 23.0 Å². The molecule has 0 saturated heterocycles. The van der Waals surface area contributed by atoms with Gasteiger partial charge < -0.3 is 24.3 Å². The van der Waals surface area contributed by atoms with E-state index in [9.17, 15) is 4.79 Å². The van der Waals surface area contributed by atoms with Crippen LogP contribution in [0.25, 0.3) is 0 Å². The lowest BCUT2D eigenvalue weighted by molar-refractivity contribution is -0.121. The molecule has 0 aliphatic carbocycles. The van der Waals surface area contributed by atoms with Crippen molar-refractivity contribution in [3.05, 3.63) is 47.0 Å². The Hall–Kier alpha value is -2.89. The number of hydrogen-bond donors (Lipinski definition) is 1. The molecule has 0 fully saturated rings. The highest BCUT2D eigenvalue weighted by molar-refractivity contribution is 5.76. The van der Waals surface area contributed by atoms with Crippen molar-refractivity contribution in [2.75, 3.05) is 27.9 Å². The third kappa shape index (κ3) is 6.31. The summed E-state index contributed by atoms with van der Waals surface area (Å²) in [6.45, 7) is 6.61. The van der Waals surface area contributed by atoms with Gasteiger partial charge in [0.05, 0.1) is 34.0 Å². The van der Waals surface area contributed by atoms with Gasteiger partial charge in [-0.3, -0.25) is 4.79 Å². The Morgan fingerprint density at radius 3 is 2.20 bits per heavy atom. The molecule has 6 heteroatoms. The van der Waals surface area contributed by atoms with E-state index in [1.54, 1.807) is 21.3 Å². The van der Waals surface area contributed by atoms with E-state index in [0.717, 1.165) is 29.7 Å². The number of hydrogen-bond acceptors (Lipinski definition) is 5. The number of carbonyl (C=O) groups excluding carboxylic acids is 1. The summed E-state index contributed by atoms with van der Waals surface area (Å²) < 4.78 is 22.0. The largest absolute Gasteiger partial charge is 0.493 e. The molecule has 0 bridgehead atoms. The second-order valence-electron chi connectivity index (χ2n) is 7.32. The zero-order chi connectivity index (χ0) is 22.1. The fraction of sp³-hybridized carbons (Fsp3) is 0.458. The summed E-state index contributed by atoms with van der Waals surface area (Å²) in [5.41, 5.74) is 3.18. The van der Waals surface area contributed by atoms with Crippen LogP contribution in [0, 0.1) is 13.8 Å². The molecule has 1 N–H and O–H groups in total. The molecule has 0 aromatic heterocycles. The van der Waals surface area contributed by atoms with Crippen molar-refractivity contribution in [1.29, 1.82) is 0 Å². The monoisotopic (exact) mass is 415 g/mol. The predicted octanol–water partition coefficient (Wildman–Crippen LogP) is 4.76. The summed E-state index contributed by atoms with van der Waals surface area (Å²) in [6.07, 6.45) is 2.03. The van der Waals surface area contributed by atoms with Crippen molar-refractivity contribution >= 4 is 5.91 Å². The molecule has 6 nitrogen and oxygen atoms in total. The summed E-state index contributed by atoms with van der Waals surface area (Å²) in [5.74, 6) is 2.58. The van der Waals surface area contributed by atoms with Crippen molar-refractivity contribution in [1.82, 2.24) is 5.32 Å². The maximum atomic E-state index is 12.4. The lowest BCUT2D eigenvalue weighted by atomic mass is 10.1. The zero-order valence-corrected chi connectivity index (χ0v) is 18.8. The maximum Gasteiger partial charge on any atom is 0.220 e. The van der Waals surface area contributed by atoms with Crippen LogP contribution in [-0.2, 0) is 4.79 Å². The molecule has 0 spiro atoms. The van der Waals surface area contributed by atoms with E-state index >= 15 is 0 Å². The Bertz CT molecular complexity index is 824. The number of carbonyl (C=O) groups is 1. The number of ether oxygens (including phenoxy) is 4. The average Bonchev–Trinajstić information content (AvgIpc) is 2.74. The van der Waals surface area contributed by atoms with E-state index in [4.69, 9.17) is 18.9 Å². The number of unbranched alkanes of at least 4 members (excludes halogenated alkanes) is 1. The molecule has 0 heterocycles. The number of amides is 1. The van der Waals surface area contributed by atoms with E-state index < -0.39 is 0 Å². The van der Waals surface area contributed by atoms with Crippen LogP contribution >= 0.6 is 0 Å². The van der Waals surface area contributed by atoms with Gasteiger partial charge in [-0.2, -0.15) is 0 Å². The van der Waals surface area contributed by atoms with Crippen LogP contribution in [0.3, 0.4) is 0 Å². The minimum Gasteiger partial charge on any atom is -0.493 e. The van der Waals surface area contributed by atoms with E-state index in [0.29, 0.717) is 30.3 Å². The summed E-state index contributed by atoms with van der Waals surface area (Å²) >= 11 is 0. The SMILES string of the molecule is COc1cc(C(C)NC(=O)CCCCOc2cc(C)ccc2C)cc(OC)c1OC. The van der Waals surface area contributed by atoms with Gasteiger partial charge in [-0.25, -0.2) is 0 Å². The van der Waals surface area contributed by atoms with Gasteiger partial charge in [0.15, 0.2) is 11.5 Å². The summed E-state index contributed by atoms with van der Waals surface area (Å²) in [5, 5.41) is 3.03. The Morgan fingerprint density at radius 2 is 1.60 bits per heavy atom. The Balaban J connectivity index is 1.82. The van der Waals surface area contributed by atoms with Crippen LogP contribution in [0.1, 0.15) is 48.9 Å². The van der Waals surface area contributed by atoms with Crippen molar-refractivity contribution < 1.29 is 23.7 Å². The van der Waals surface area contributed by atoms with Gasteiger partial charge in [0.25, 0.3) is 0 Å². The van der Waals surface area contributed by atoms with Crippen molar-refractivity contribution in [2.45, 2.75) is 46.1 Å². The Kier molecular flexibility index (Phi) is 8.84. The standard InChI is InChI=1S/C24H33NO5/c1-16-10-11-17(2)20(13-16)30-12-8-7-9-23(26)25-18(3)19-14-21(27-4)24(29-6)22(15-19)28-5/h10-11,13-15,18H,7-9,12H2,1-6H3,(H,25,26). The third-order valence-electron chi connectivity index (χ3n) is 4.96. The molecule has 0 aliphatic heterocycles. The first kappa shape index (κ1) is 23.4. The first-order valence-electron chi connectivity index (χ1n) is 10.2. The molecule has 164 valence electrons. The predicted molar refractivity (Wildman–Crippen MR) is 118 cm³/mol. The molecule has 2 rings (SSSR count). The second-order valence-corrected chi connectivity index (χ2v) is 7.32. The van der Waals surface area contributed by atoms with Gasteiger partial charge in [0.1, 0.15) is 5.75 Å². The summed E-state index contributed by atoms with van der Waals surface area (Å²) in [7, 11) is 4.71. The Labute approximate surface area is 179 Å². The highest BCUT2D eigenvalue weighted by Crippen LogP contribution is 2.39. The molecule has 30 heavy (non-hydrogen) atoms. The zero-order valence-electron chi connectivity index (χ0n) is 18.8. The van der Waals surface area contributed by atoms with Crippen molar-refractivity contribution in [3.63, 3.8) is 0 Å². The van der Waals surface area contributed by atoms with Crippen LogP contribution < -0.4 is 24.3 Å². The number of benzene rings is 2. The minimum absolute atomic E-state index is 0.00277. The smallest absolute Gasteiger partial charge is 0.220 e. The fourth-order valence-corrected chi connectivity index (χ4v) is 3.18. The van der Waals surface area contributed by atoms with Gasteiger partial charge in [-0.05, 0) is 68.5 Å². The van der Waals surface area contributed by atoms with Crippen LogP contribution in [0.15, 0.2) is 30.3 Å². The van der Waals surface area contributed by atoms with Gasteiger partial charge in [-0.1, -0.05) is 12.1 Å². The highest BCUT2D eigenvalue weighted by atomic mass is 16.5. The molecule has 1 unspecified atom stereocenters. The quantitative estimate of drug-likeness (QED) is 0.536. The maximum absolute atomic E-state index is 12.4. The van der Waals surface area contributed by atoms with Gasteiger partial charge in [-0.15, -0.1) is 0 Å². The topological polar surface area (TPSA) is 66.0 Å². The molecule has 2 aromatic carbocycles. The fourth-order valence-electron chi connectivity index (χ4n) is 3.18. The van der Waals surface area contributed by atoms with Crippen molar-refractivity contribution in [2.24, 2.45) is 0 Å². The van der Waals surface area contributed by atoms with Gasteiger partial charge in [0, 0.05) is 6.42 Å². The molecular weight excluding hydrogens is 382 g/mol. The van der Waals surface area contributed by atoms with E-state index in [1.807, 2.05) is 39.0 Å². The Morgan fingerprint density at radius 1 is 0.933 bits per heavy atom. The molecule has 0 aliphatic rings. The molecule has 0 radical (unpaired) electrons. The molecule has 0 saturated carbocycles. The first-order chi connectivity index (χ1) is 14.4. The highest BCUT2D eigenvalue weighted by Gasteiger charge is 2.17. The lowest BCUT2D eigenvalue weighted by Crippen LogP contribution is -2.26. The summed E-state index contributed by atoms with van der Waals surface area (Å²) in [4.78, 5) is 12.4. The van der Waals surface area contributed by atoms with Crippen LogP contribution in [0.2, 0.25) is 0 Å². The van der Waals surface area contributed by atoms with Gasteiger partial charge >= 0.3 is 0 Å². The third-order valence-corrected chi connectivity index (χ3v) is 4.96. The lowest BCUT2D eigenvalue weighted by Gasteiger charge is -2.19. The number of rotatable bonds is 11. The van der Waals surface area contributed by atoms with Crippen LogP contribution in [-0.4, -0.2) is 33.8 Å². The van der Waals surface area contributed by atoms with Gasteiger partial charge in [0.2, 0.25) is 11.7 Å². The summed E-state index contributed by atoms with van der Waals surface area (Å²) in [6, 6.07) is 9.69. The normalized spacial score (nSPS) is 11.5. The average molecular weight is 416 g/mol. The van der Waals surface area contributed by atoms with E-state index in [-0.39, 0.29) is 11.9 Å². The van der Waals surface area contributed by atoms with E-state index in [2.05, 4.69) is 17.4 Å². The van der Waals surface area contributed by atoms with Crippen molar-refractivity contribution in [3.8, 4) is 23.0 Å². The molecule has 2 aromatic rings. The van der Waals surface area contributed by atoms with E-state index in [1.165, 1.54) is 5.56 Å². The first-order valence-corrected chi connectivity index (χ1v) is 10.2. The minimum atomic E-state index is -0.183. The second kappa shape index (κ2) is 11.3. The molecule has 1 atom stereocenters. The molecular formula is C24H33NO5.